The quantitative estimate of drug-likeness (QED) is 0.890. The molecule has 18 heavy (non-hydrogen) atoms. The summed E-state index contributed by atoms with van der Waals surface area (Å²) < 4.78 is 5.76. The molecule has 0 bridgehead atoms. The normalized spacial score (nSPS) is 16.5. The first-order chi connectivity index (χ1) is 8.81. The number of hydrogen-bond donors (Lipinski definition) is 1. The molecule has 3 nitrogen and oxygen atoms in total. The summed E-state index contributed by atoms with van der Waals surface area (Å²) in [5.41, 5.74) is 2.22. The molecule has 0 atom stereocenters. The van der Waals surface area contributed by atoms with Gasteiger partial charge in [0.1, 0.15) is 0 Å². The van der Waals surface area contributed by atoms with E-state index < -0.39 is 0 Å². The zero-order chi connectivity index (χ0) is 12.4. The van der Waals surface area contributed by atoms with Crippen molar-refractivity contribution in [2.75, 3.05) is 18.1 Å². The Morgan fingerprint density at radius 3 is 2.67 bits per heavy atom. The molecule has 0 aliphatic heterocycles. The van der Waals surface area contributed by atoms with Gasteiger partial charge in [-0.25, -0.2) is 4.98 Å². The second kappa shape index (κ2) is 4.69. The Morgan fingerprint density at radius 2 is 2.11 bits per heavy atom. The lowest BCUT2D eigenvalue weighted by Crippen LogP contribution is -2.17. The van der Waals surface area contributed by atoms with Gasteiger partial charge in [-0.1, -0.05) is 0 Å². The molecule has 0 unspecified atom stereocenters. The van der Waals surface area contributed by atoms with Gasteiger partial charge in [0.25, 0.3) is 0 Å². The van der Waals surface area contributed by atoms with E-state index in [2.05, 4.69) is 40.8 Å². The number of hydrogen-bond acceptors (Lipinski definition) is 4. The zero-order valence-corrected chi connectivity index (χ0v) is 11.2. The van der Waals surface area contributed by atoms with Crippen molar-refractivity contribution >= 4 is 17.4 Å². The average Bonchev–Trinajstić information content (AvgIpc) is 3.00. The minimum atomic E-state index is 0.490. The van der Waals surface area contributed by atoms with Crippen LogP contribution >= 0.6 is 11.8 Å². The van der Waals surface area contributed by atoms with Crippen molar-refractivity contribution in [2.45, 2.75) is 17.6 Å². The third-order valence-electron chi connectivity index (χ3n) is 3.46. The summed E-state index contributed by atoms with van der Waals surface area (Å²) in [4.78, 5) is 3.92. The number of benzene rings is 1. The van der Waals surface area contributed by atoms with E-state index in [9.17, 15) is 0 Å². The smallest absolute Gasteiger partial charge is 0.181 e. The Kier molecular flexibility index (Phi) is 3.04. The highest BCUT2D eigenvalue weighted by Gasteiger charge is 2.41. The van der Waals surface area contributed by atoms with Gasteiger partial charge in [-0.3, -0.25) is 0 Å². The zero-order valence-electron chi connectivity index (χ0n) is 10.3. The van der Waals surface area contributed by atoms with Crippen LogP contribution in [0.1, 0.15) is 12.8 Å². The maximum atomic E-state index is 5.27. The summed E-state index contributed by atoms with van der Waals surface area (Å²) in [5.74, 6) is 0.810. The first kappa shape index (κ1) is 11.7. The number of nitrogens with one attached hydrogen (secondary N) is 1. The highest BCUT2D eigenvalue weighted by atomic mass is 32.2. The van der Waals surface area contributed by atoms with Crippen LogP contribution in [0.2, 0.25) is 0 Å². The maximum absolute atomic E-state index is 5.27. The highest BCUT2D eigenvalue weighted by Crippen LogP contribution is 2.47. The van der Waals surface area contributed by atoms with E-state index in [4.69, 9.17) is 4.42 Å². The molecule has 4 heteroatoms. The van der Waals surface area contributed by atoms with E-state index in [1.54, 1.807) is 6.20 Å². The van der Waals surface area contributed by atoms with E-state index >= 15 is 0 Å². The molecule has 0 spiro atoms. The van der Waals surface area contributed by atoms with Crippen LogP contribution in [-0.4, -0.2) is 22.5 Å². The van der Waals surface area contributed by atoms with Crippen molar-refractivity contribution in [1.82, 2.24) is 4.98 Å². The molecular weight excluding hydrogens is 244 g/mol. The minimum absolute atomic E-state index is 0.490. The number of aromatic nitrogens is 1. The lowest BCUT2D eigenvalue weighted by molar-refractivity contribution is 0.572. The molecule has 0 saturated heterocycles. The average molecular weight is 260 g/mol. The molecule has 94 valence electrons. The monoisotopic (exact) mass is 260 g/mol. The molecule has 1 heterocycles. The maximum Gasteiger partial charge on any atom is 0.181 e. The number of rotatable bonds is 5. The van der Waals surface area contributed by atoms with Gasteiger partial charge in [0.15, 0.2) is 12.2 Å². The van der Waals surface area contributed by atoms with E-state index in [1.165, 1.54) is 24.9 Å². The predicted molar refractivity (Wildman–Crippen MR) is 75.9 cm³/mol. The van der Waals surface area contributed by atoms with Gasteiger partial charge in [-0.2, -0.15) is 11.8 Å². The molecule has 1 fully saturated rings. The molecule has 3 rings (SSSR count). The lowest BCUT2D eigenvalue weighted by atomic mass is 10.1. The van der Waals surface area contributed by atoms with Crippen LogP contribution in [0.25, 0.3) is 11.3 Å². The van der Waals surface area contributed by atoms with Crippen LogP contribution in [0, 0.1) is 0 Å². The summed E-state index contributed by atoms with van der Waals surface area (Å²) in [7, 11) is 0. The highest BCUT2D eigenvalue weighted by molar-refractivity contribution is 8.00. The number of thioether (sulfide) groups is 1. The van der Waals surface area contributed by atoms with Gasteiger partial charge in [0.05, 0.1) is 6.20 Å². The van der Waals surface area contributed by atoms with E-state index in [0.717, 1.165) is 17.9 Å². The molecule has 1 saturated carbocycles. The SMILES string of the molecule is CSC1(CNc2ccc(-c3cnco3)cc2)CC1. The fraction of sp³-hybridized carbons (Fsp3) is 0.357. The molecule has 1 N–H and O–H groups in total. The van der Waals surface area contributed by atoms with Crippen molar-refractivity contribution in [2.24, 2.45) is 0 Å². The van der Waals surface area contributed by atoms with Crippen LogP contribution in [0.4, 0.5) is 5.69 Å². The lowest BCUT2D eigenvalue weighted by Gasteiger charge is -2.14. The third kappa shape index (κ3) is 2.38. The van der Waals surface area contributed by atoms with Crippen LogP contribution in [-0.2, 0) is 0 Å². The van der Waals surface area contributed by atoms with Gasteiger partial charge >= 0.3 is 0 Å². The van der Waals surface area contributed by atoms with E-state index in [0.29, 0.717) is 4.75 Å². The van der Waals surface area contributed by atoms with Gasteiger partial charge in [-0.15, -0.1) is 0 Å². The van der Waals surface area contributed by atoms with Crippen LogP contribution in [0.3, 0.4) is 0 Å². The van der Waals surface area contributed by atoms with Crippen molar-refractivity contribution in [3.8, 4) is 11.3 Å². The summed E-state index contributed by atoms with van der Waals surface area (Å²) in [6.45, 7) is 1.05. The van der Waals surface area contributed by atoms with E-state index in [1.807, 2.05) is 11.8 Å². The fourth-order valence-corrected chi connectivity index (χ4v) is 2.69. The summed E-state index contributed by atoms with van der Waals surface area (Å²) in [6.07, 6.45) is 8.04. The molecule has 2 aromatic rings. The molecule has 0 radical (unpaired) electrons. The van der Waals surface area contributed by atoms with Crippen LogP contribution in [0.15, 0.2) is 41.3 Å². The summed E-state index contributed by atoms with van der Waals surface area (Å²) in [5, 5.41) is 3.50. The topological polar surface area (TPSA) is 38.1 Å². The molecule has 0 amide bonds. The first-order valence-electron chi connectivity index (χ1n) is 6.09. The third-order valence-corrected chi connectivity index (χ3v) is 4.88. The second-order valence-corrected chi connectivity index (χ2v) is 5.96. The minimum Gasteiger partial charge on any atom is -0.444 e. The number of oxazole rings is 1. The van der Waals surface area contributed by atoms with Crippen molar-refractivity contribution in [3.05, 3.63) is 36.9 Å². The van der Waals surface area contributed by atoms with Gasteiger partial charge in [0, 0.05) is 22.5 Å². The summed E-state index contributed by atoms with van der Waals surface area (Å²) >= 11 is 1.97. The Hall–Kier alpha value is -1.42. The fourth-order valence-electron chi connectivity index (χ4n) is 1.97. The molecular formula is C14H16N2OS. The van der Waals surface area contributed by atoms with Gasteiger partial charge in [-0.05, 0) is 43.4 Å². The van der Waals surface area contributed by atoms with Crippen molar-refractivity contribution < 1.29 is 4.42 Å². The number of nitrogens with zero attached hydrogens (tertiary/aromatic N) is 1. The Labute approximate surface area is 111 Å². The van der Waals surface area contributed by atoms with E-state index in [-0.39, 0.29) is 0 Å². The Morgan fingerprint density at radius 1 is 1.33 bits per heavy atom. The molecule has 1 aromatic carbocycles. The first-order valence-corrected chi connectivity index (χ1v) is 7.32. The summed E-state index contributed by atoms with van der Waals surface area (Å²) in [6, 6.07) is 8.30. The molecule has 1 aliphatic carbocycles. The predicted octanol–water partition coefficient (Wildman–Crippen LogP) is 3.65. The van der Waals surface area contributed by atoms with Gasteiger partial charge in [0.2, 0.25) is 0 Å². The number of anilines is 1. The van der Waals surface area contributed by atoms with Crippen molar-refractivity contribution in [1.29, 1.82) is 0 Å². The van der Waals surface area contributed by atoms with Crippen LogP contribution in [0.5, 0.6) is 0 Å². The standard InChI is InChI=1S/C14H16N2OS/c1-18-14(6-7-14)9-16-12-4-2-11(3-5-12)13-8-15-10-17-13/h2-5,8,10,16H,6-7,9H2,1H3. The largest absolute Gasteiger partial charge is 0.444 e. The van der Waals surface area contributed by atoms with Crippen LogP contribution < -0.4 is 5.32 Å². The van der Waals surface area contributed by atoms with Crippen molar-refractivity contribution in [3.63, 3.8) is 0 Å². The molecule has 1 aliphatic rings. The Bertz CT molecular complexity index is 503. The second-order valence-electron chi connectivity index (χ2n) is 4.68. The van der Waals surface area contributed by atoms with Gasteiger partial charge < -0.3 is 9.73 Å². The molecule has 1 aromatic heterocycles. The Balaban J connectivity index is 1.64.